The fourth-order valence-electron chi connectivity index (χ4n) is 2.54. The van der Waals surface area contributed by atoms with Crippen molar-refractivity contribution in [3.05, 3.63) is 18.1 Å². The molecule has 0 N–H and O–H groups in total. The van der Waals surface area contributed by atoms with E-state index in [2.05, 4.69) is 21.8 Å². The third-order valence-electron chi connectivity index (χ3n) is 3.52. The summed E-state index contributed by atoms with van der Waals surface area (Å²) in [4.78, 5) is 8.48. The van der Waals surface area contributed by atoms with Crippen LogP contribution in [0.15, 0.2) is 12.4 Å². The van der Waals surface area contributed by atoms with Crippen LogP contribution < -0.4 is 4.74 Å². The molecule has 1 aromatic heterocycles. The maximum Gasteiger partial charge on any atom is 0.217 e. The molecule has 0 amide bonds. The molecule has 0 atom stereocenters. The van der Waals surface area contributed by atoms with E-state index in [0.717, 1.165) is 24.5 Å². The highest BCUT2D eigenvalue weighted by atomic mass is 16.5. The van der Waals surface area contributed by atoms with E-state index < -0.39 is 0 Å². The molecule has 0 aromatic carbocycles. The van der Waals surface area contributed by atoms with E-state index in [1.54, 1.807) is 6.33 Å². The highest BCUT2D eigenvalue weighted by Gasteiger charge is 2.14. The van der Waals surface area contributed by atoms with Crippen LogP contribution in [0.4, 0.5) is 0 Å². The summed E-state index contributed by atoms with van der Waals surface area (Å²) < 4.78 is 5.51. The highest BCUT2D eigenvalue weighted by Crippen LogP contribution is 2.26. The Morgan fingerprint density at radius 2 is 2.05 bits per heavy atom. The van der Waals surface area contributed by atoms with Crippen molar-refractivity contribution in [2.75, 3.05) is 6.61 Å². The summed E-state index contributed by atoms with van der Waals surface area (Å²) in [7, 11) is 0. The lowest BCUT2D eigenvalue weighted by molar-refractivity contribution is 0.344. The lowest BCUT2D eigenvalue weighted by Gasteiger charge is -2.20. The van der Waals surface area contributed by atoms with Crippen molar-refractivity contribution in [3.63, 3.8) is 0 Å². The Kier molecular flexibility index (Phi) is 5.68. The largest absolute Gasteiger partial charge is 0.464 e. The number of nitrogens with zero attached hydrogens (tertiary/aromatic N) is 2. The summed E-state index contributed by atoms with van der Waals surface area (Å²) in [5, 5.41) is 0. The summed E-state index contributed by atoms with van der Waals surface area (Å²) in [5.41, 5.74) is 1.10. The van der Waals surface area contributed by atoms with Gasteiger partial charge in [0.2, 0.25) is 5.88 Å². The van der Waals surface area contributed by atoms with E-state index >= 15 is 0 Å². The molecule has 0 saturated heterocycles. The van der Waals surface area contributed by atoms with Crippen molar-refractivity contribution in [3.8, 4) is 17.7 Å². The standard InChI is InChI=1S/C16H22N2O/c1-2-3-7-10-19-16-12-15(17-13-18-16)11-14-8-5-4-6-9-14/h12-14H,2,4-6,8-11H2,1H3. The van der Waals surface area contributed by atoms with Gasteiger partial charge >= 0.3 is 0 Å². The van der Waals surface area contributed by atoms with Crippen molar-refractivity contribution in [1.82, 2.24) is 9.97 Å². The molecule has 102 valence electrons. The molecule has 1 fully saturated rings. The minimum atomic E-state index is 0.410. The van der Waals surface area contributed by atoms with Crippen molar-refractivity contribution < 1.29 is 4.74 Å². The Morgan fingerprint density at radius 3 is 2.84 bits per heavy atom. The smallest absolute Gasteiger partial charge is 0.217 e. The maximum atomic E-state index is 5.51. The Labute approximate surface area is 115 Å². The molecule has 3 heteroatoms. The molecule has 0 spiro atoms. The van der Waals surface area contributed by atoms with Crippen molar-refractivity contribution >= 4 is 0 Å². The lowest BCUT2D eigenvalue weighted by Crippen LogP contribution is -2.10. The van der Waals surface area contributed by atoms with Crippen LogP contribution in [0.25, 0.3) is 0 Å². The third-order valence-corrected chi connectivity index (χ3v) is 3.52. The first-order valence-electron chi connectivity index (χ1n) is 7.28. The van der Waals surface area contributed by atoms with Gasteiger partial charge in [-0.2, -0.15) is 0 Å². The summed E-state index contributed by atoms with van der Waals surface area (Å²) in [5.74, 6) is 7.37. The molecule has 1 heterocycles. The summed E-state index contributed by atoms with van der Waals surface area (Å²) >= 11 is 0. The van der Waals surface area contributed by atoms with E-state index in [0.29, 0.717) is 12.5 Å². The average molecular weight is 258 g/mol. The Balaban J connectivity index is 1.87. The van der Waals surface area contributed by atoms with E-state index in [1.807, 2.05) is 13.0 Å². The zero-order valence-corrected chi connectivity index (χ0v) is 11.7. The molecule has 0 bridgehead atoms. The van der Waals surface area contributed by atoms with Crippen LogP contribution in [0, 0.1) is 17.8 Å². The topological polar surface area (TPSA) is 35.0 Å². The minimum Gasteiger partial charge on any atom is -0.464 e. The molecule has 1 aliphatic rings. The van der Waals surface area contributed by atoms with Gasteiger partial charge < -0.3 is 4.74 Å². The molecule has 0 aliphatic heterocycles. The van der Waals surface area contributed by atoms with E-state index in [9.17, 15) is 0 Å². The number of rotatable bonds is 4. The zero-order valence-electron chi connectivity index (χ0n) is 11.7. The van der Waals surface area contributed by atoms with Gasteiger partial charge in [-0.25, -0.2) is 9.97 Å². The van der Waals surface area contributed by atoms with Crippen LogP contribution in [0.2, 0.25) is 0 Å². The first-order chi connectivity index (χ1) is 9.38. The van der Waals surface area contributed by atoms with Gasteiger partial charge in [0.1, 0.15) is 6.33 Å². The van der Waals surface area contributed by atoms with Gasteiger partial charge in [0, 0.05) is 18.2 Å². The molecule has 3 nitrogen and oxygen atoms in total. The minimum absolute atomic E-state index is 0.410. The van der Waals surface area contributed by atoms with Gasteiger partial charge in [0.05, 0.1) is 0 Å². The fourth-order valence-corrected chi connectivity index (χ4v) is 2.54. The van der Waals surface area contributed by atoms with Gasteiger partial charge in [-0.05, 0) is 12.3 Å². The van der Waals surface area contributed by atoms with Crippen LogP contribution >= 0.6 is 0 Å². The monoisotopic (exact) mass is 258 g/mol. The molecule has 19 heavy (non-hydrogen) atoms. The predicted octanol–water partition coefficient (Wildman–Crippen LogP) is 3.39. The first kappa shape index (κ1) is 13.9. The predicted molar refractivity (Wildman–Crippen MR) is 75.9 cm³/mol. The maximum absolute atomic E-state index is 5.51. The van der Waals surface area contributed by atoms with Crippen LogP contribution in [-0.2, 0) is 6.42 Å². The molecule has 1 aliphatic carbocycles. The second kappa shape index (κ2) is 7.78. The van der Waals surface area contributed by atoms with Crippen molar-refractivity contribution in [1.29, 1.82) is 0 Å². The van der Waals surface area contributed by atoms with Crippen molar-refractivity contribution in [2.24, 2.45) is 5.92 Å². The molecule has 1 aromatic rings. The number of hydrogen-bond donors (Lipinski definition) is 0. The first-order valence-corrected chi connectivity index (χ1v) is 7.28. The Hall–Kier alpha value is -1.56. The molecule has 0 radical (unpaired) electrons. The number of hydrogen-bond acceptors (Lipinski definition) is 3. The van der Waals surface area contributed by atoms with Gasteiger partial charge in [-0.1, -0.05) is 44.9 Å². The van der Waals surface area contributed by atoms with Crippen molar-refractivity contribution in [2.45, 2.75) is 51.9 Å². The van der Waals surface area contributed by atoms with E-state index in [4.69, 9.17) is 4.74 Å². The SMILES string of the molecule is CCC#CCOc1cc(CC2CCCCC2)ncn1. The van der Waals surface area contributed by atoms with Crippen LogP contribution in [0.3, 0.4) is 0 Å². The molecule has 0 unspecified atom stereocenters. The highest BCUT2D eigenvalue weighted by molar-refractivity contribution is 5.15. The van der Waals surface area contributed by atoms with E-state index in [1.165, 1.54) is 32.1 Å². The fraction of sp³-hybridized carbons (Fsp3) is 0.625. The second-order valence-corrected chi connectivity index (χ2v) is 5.05. The van der Waals surface area contributed by atoms with Gasteiger partial charge in [0.25, 0.3) is 0 Å². The van der Waals surface area contributed by atoms with Crippen LogP contribution in [0.1, 0.15) is 51.1 Å². The molecular formula is C16H22N2O. The van der Waals surface area contributed by atoms with Gasteiger partial charge in [-0.3, -0.25) is 0 Å². The molecule has 1 saturated carbocycles. The zero-order chi connectivity index (χ0) is 13.3. The second-order valence-electron chi connectivity index (χ2n) is 5.05. The van der Waals surface area contributed by atoms with Crippen LogP contribution in [0.5, 0.6) is 5.88 Å². The Bertz CT molecular complexity index is 442. The quantitative estimate of drug-likeness (QED) is 0.776. The number of aromatic nitrogens is 2. The normalized spacial score (nSPS) is 15.6. The van der Waals surface area contributed by atoms with Crippen LogP contribution in [-0.4, -0.2) is 16.6 Å². The Morgan fingerprint density at radius 1 is 1.21 bits per heavy atom. The molecular weight excluding hydrogens is 236 g/mol. The summed E-state index contributed by atoms with van der Waals surface area (Å²) in [6, 6.07) is 1.96. The lowest BCUT2D eigenvalue weighted by atomic mass is 9.86. The number of ether oxygens (including phenoxy) is 1. The summed E-state index contributed by atoms with van der Waals surface area (Å²) in [6.07, 6.45) is 10.3. The van der Waals surface area contributed by atoms with Gasteiger partial charge in [0.15, 0.2) is 6.61 Å². The van der Waals surface area contributed by atoms with Gasteiger partial charge in [-0.15, -0.1) is 5.92 Å². The summed E-state index contributed by atoms with van der Waals surface area (Å²) in [6.45, 7) is 2.44. The van der Waals surface area contributed by atoms with E-state index in [-0.39, 0.29) is 0 Å². The third kappa shape index (κ3) is 4.90. The average Bonchev–Trinajstić information content (AvgIpc) is 2.45. The molecule has 2 rings (SSSR count).